The fraction of sp³-hybridized carbons (Fsp3) is 0.833. The average molecular weight is 239 g/mol. The van der Waals surface area contributed by atoms with Gasteiger partial charge in [-0.3, -0.25) is 5.10 Å². The molecule has 1 fully saturated rings. The van der Waals surface area contributed by atoms with Gasteiger partial charge in [0.1, 0.15) is 5.82 Å². The summed E-state index contributed by atoms with van der Waals surface area (Å²) < 4.78 is 3.05. The lowest BCUT2D eigenvalue weighted by atomic mass is 9.73. The molecule has 3 nitrogen and oxygen atoms in total. The monoisotopic (exact) mass is 239 g/mol. The number of aromatic nitrogens is 3. The van der Waals surface area contributed by atoms with E-state index in [0.717, 1.165) is 17.0 Å². The summed E-state index contributed by atoms with van der Waals surface area (Å²) in [7, 11) is 0. The van der Waals surface area contributed by atoms with Crippen LogP contribution < -0.4 is 0 Å². The van der Waals surface area contributed by atoms with Crippen molar-refractivity contribution in [2.24, 2.45) is 5.41 Å². The van der Waals surface area contributed by atoms with Crippen LogP contribution in [0.15, 0.2) is 0 Å². The van der Waals surface area contributed by atoms with E-state index in [1.165, 1.54) is 25.7 Å². The number of hydrogen-bond acceptors (Lipinski definition) is 2. The maximum atomic E-state index is 5.37. The second kappa shape index (κ2) is 4.32. The molecule has 1 atom stereocenters. The van der Waals surface area contributed by atoms with E-state index in [1.54, 1.807) is 0 Å². The summed E-state index contributed by atoms with van der Waals surface area (Å²) in [5.74, 6) is 1.10. The molecule has 0 amide bonds. The minimum atomic E-state index is 0.338. The number of H-pyrrole nitrogens is 1. The maximum absolute atomic E-state index is 5.37. The third-order valence-corrected chi connectivity index (χ3v) is 4.14. The van der Waals surface area contributed by atoms with Crippen molar-refractivity contribution in [3.8, 4) is 0 Å². The Balaban J connectivity index is 2.42. The Labute approximate surface area is 102 Å². The molecular formula is C12H21N3S. The van der Waals surface area contributed by atoms with E-state index in [2.05, 4.69) is 35.5 Å². The molecule has 1 aromatic rings. The van der Waals surface area contributed by atoms with Crippen LogP contribution in [0.4, 0.5) is 0 Å². The molecule has 16 heavy (non-hydrogen) atoms. The lowest BCUT2D eigenvalue weighted by Crippen LogP contribution is -2.31. The highest BCUT2D eigenvalue weighted by atomic mass is 32.1. The van der Waals surface area contributed by atoms with Gasteiger partial charge in [-0.1, -0.05) is 33.6 Å². The topological polar surface area (TPSA) is 33.6 Å². The van der Waals surface area contributed by atoms with E-state index < -0.39 is 0 Å². The Kier molecular flexibility index (Phi) is 3.19. The highest BCUT2D eigenvalue weighted by molar-refractivity contribution is 7.71. The molecule has 1 unspecified atom stereocenters. The Hall–Kier alpha value is -0.640. The summed E-state index contributed by atoms with van der Waals surface area (Å²) in [5, 5.41) is 7.26. The van der Waals surface area contributed by atoms with E-state index in [1.807, 2.05) is 0 Å². The summed E-state index contributed by atoms with van der Waals surface area (Å²) in [6.07, 6.45) is 6.11. The lowest BCUT2D eigenvalue weighted by Gasteiger charge is -2.39. The van der Waals surface area contributed by atoms with E-state index in [9.17, 15) is 0 Å². The number of hydrogen-bond donors (Lipinski definition) is 1. The third-order valence-electron chi connectivity index (χ3n) is 3.86. The highest BCUT2D eigenvalue weighted by Gasteiger charge is 2.34. The van der Waals surface area contributed by atoms with Gasteiger partial charge in [0.25, 0.3) is 0 Å². The summed E-state index contributed by atoms with van der Waals surface area (Å²) in [6.45, 7) is 6.84. The summed E-state index contributed by atoms with van der Waals surface area (Å²) in [5.41, 5.74) is 0.338. The minimum Gasteiger partial charge on any atom is -0.301 e. The Bertz CT molecular complexity index is 416. The lowest BCUT2D eigenvalue weighted by molar-refractivity contribution is 0.140. The van der Waals surface area contributed by atoms with Gasteiger partial charge < -0.3 is 4.57 Å². The number of nitrogens with zero attached hydrogens (tertiary/aromatic N) is 2. The second-order valence-corrected chi connectivity index (χ2v) is 5.81. The first-order valence-corrected chi connectivity index (χ1v) is 6.63. The molecular weight excluding hydrogens is 218 g/mol. The minimum absolute atomic E-state index is 0.338. The molecule has 1 aromatic heterocycles. The van der Waals surface area contributed by atoms with Crippen LogP contribution >= 0.6 is 12.2 Å². The molecule has 1 aliphatic rings. The first-order valence-electron chi connectivity index (χ1n) is 6.22. The normalized spacial score (nSPS) is 24.6. The Morgan fingerprint density at radius 1 is 1.50 bits per heavy atom. The largest absolute Gasteiger partial charge is 0.301 e. The zero-order chi connectivity index (χ0) is 11.8. The number of rotatable bonds is 2. The van der Waals surface area contributed by atoms with Crippen molar-refractivity contribution >= 4 is 12.2 Å². The molecule has 90 valence electrons. The van der Waals surface area contributed by atoms with Crippen molar-refractivity contribution < 1.29 is 0 Å². The van der Waals surface area contributed by atoms with Crippen molar-refractivity contribution in [2.75, 3.05) is 0 Å². The molecule has 2 rings (SSSR count). The molecule has 1 aliphatic carbocycles. The quantitative estimate of drug-likeness (QED) is 0.799. The third kappa shape index (κ3) is 1.95. The molecule has 0 spiro atoms. The van der Waals surface area contributed by atoms with E-state index >= 15 is 0 Å². The fourth-order valence-electron chi connectivity index (χ4n) is 2.86. The zero-order valence-electron chi connectivity index (χ0n) is 10.4. The van der Waals surface area contributed by atoms with Crippen LogP contribution in [0.1, 0.15) is 58.3 Å². The molecule has 0 aliphatic heterocycles. The van der Waals surface area contributed by atoms with E-state index in [4.69, 9.17) is 12.2 Å². The predicted molar refractivity (Wildman–Crippen MR) is 68.1 cm³/mol. The van der Waals surface area contributed by atoms with Gasteiger partial charge in [0.2, 0.25) is 0 Å². The molecule has 1 heterocycles. The summed E-state index contributed by atoms with van der Waals surface area (Å²) in [6, 6.07) is 0.516. The predicted octanol–water partition coefficient (Wildman–Crippen LogP) is 3.64. The molecule has 4 heteroatoms. The van der Waals surface area contributed by atoms with Crippen LogP contribution in [0.5, 0.6) is 0 Å². The smallest absolute Gasteiger partial charge is 0.195 e. The van der Waals surface area contributed by atoms with E-state index in [-0.39, 0.29) is 0 Å². The van der Waals surface area contributed by atoms with Crippen molar-refractivity contribution in [1.29, 1.82) is 0 Å². The molecule has 0 saturated heterocycles. The van der Waals surface area contributed by atoms with Crippen LogP contribution in [-0.4, -0.2) is 14.8 Å². The van der Waals surface area contributed by atoms with Crippen molar-refractivity contribution in [2.45, 2.75) is 58.9 Å². The first-order chi connectivity index (χ1) is 7.56. The highest BCUT2D eigenvalue weighted by Crippen LogP contribution is 2.44. The number of nitrogens with one attached hydrogen (secondary N) is 1. The SMILES string of the molecule is CCc1n[nH]c(=S)n1C1CCCCC1(C)C. The van der Waals surface area contributed by atoms with E-state index in [0.29, 0.717) is 11.5 Å². The summed E-state index contributed by atoms with van der Waals surface area (Å²) in [4.78, 5) is 0. The van der Waals surface area contributed by atoms with Gasteiger partial charge in [0, 0.05) is 12.5 Å². The maximum Gasteiger partial charge on any atom is 0.195 e. The van der Waals surface area contributed by atoms with Crippen LogP contribution in [0.3, 0.4) is 0 Å². The first kappa shape index (κ1) is 11.8. The van der Waals surface area contributed by atoms with Crippen LogP contribution in [0.2, 0.25) is 0 Å². The molecule has 1 N–H and O–H groups in total. The Morgan fingerprint density at radius 3 is 2.88 bits per heavy atom. The molecule has 0 bridgehead atoms. The van der Waals surface area contributed by atoms with Crippen molar-refractivity contribution in [3.05, 3.63) is 10.6 Å². The van der Waals surface area contributed by atoms with Gasteiger partial charge in [0.05, 0.1) is 0 Å². The van der Waals surface area contributed by atoms with Crippen LogP contribution in [0.25, 0.3) is 0 Å². The molecule has 0 radical (unpaired) electrons. The zero-order valence-corrected chi connectivity index (χ0v) is 11.2. The molecule has 0 aromatic carbocycles. The summed E-state index contributed by atoms with van der Waals surface area (Å²) >= 11 is 5.37. The standard InChI is InChI=1S/C12H21N3S/c1-4-10-13-14-11(16)15(10)9-7-5-6-8-12(9,2)3/h9H,4-8H2,1-3H3,(H,14,16). The fourth-order valence-corrected chi connectivity index (χ4v) is 3.14. The van der Waals surface area contributed by atoms with Gasteiger partial charge in [0.15, 0.2) is 4.77 Å². The van der Waals surface area contributed by atoms with Gasteiger partial charge in [-0.05, 0) is 30.5 Å². The molecule has 1 saturated carbocycles. The van der Waals surface area contributed by atoms with Gasteiger partial charge >= 0.3 is 0 Å². The van der Waals surface area contributed by atoms with Crippen LogP contribution in [-0.2, 0) is 6.42 Å². The van der Waals surface area contributed by atoms with Crippen molar-refractivity contribution in [3.63, 3.8) is 0 Å². The number of aryl methyl sites for hydroxylation is 1. The second-order valence-electron chi connectivity index (χ2n) is 5.42. The van der Waals surface area contributed by atoms with Gasteiger partial charge in [-0.15, -0.1) is 0 Å². The Morgan fingerprint density at radius 2 is 2.25 bits per heavy atom. The van der Waals surface area contributed by atoms with Gasteiger partial charge in [-0.25, -0.2) is 0 Å². The van der Waals surface area contributed by atoms with Crippen LogP contribution in [0, 0.1) is 10.2 Å². The number of aromatic amines is 1. The van der Waals surface area contributed by atoms with Gasteiger partial charge in [-0.2, -0.15) is 5.10 Å². The average Bonchev–Trinajstić information content (AvgIpc) is 2.59. The van der Waals surface area contributed by atoms with Crippen molar-refractivity contribution in [1.82, 2.24) is 14.8 Å².